The summed E-state index contributed by atoms with van der Waals surface area (Å²) in [5.74, 6) is 0.220. The summed E-state index contributed by atoms with van der Waals surface area (Å²) in [5.41, 5.74) is 2.39. The molecule has 2 unspecified atom stereocenters. The number of allylic oxidation sites excluding steroid dienone is 4. The first-order chi connectivity index (χ1) is 19.1. The topological polar surface area (TPSA) is 40.6 Å². The van der Waals surface area contributed by atoms with Crippen molar-refractivity contribution in [1.82, 2.24) is 4.90 Å². The van der Waals surface area contributed by atoms with Crippen molar-refractivity contribution in [2.45, 2.75) is 37.1 Å². The normalized spacial score (nSPS) is 33.3. The van der Waals surface area contributed by atoms with E-state index in [0.29, 0.717) is 13.0 Å². The summed E-state index contributed by atoms with van der Waals surface area (Å²) in [6, 6.07) is 21.3. The average molecular weight is 515 g/mol. The first-order valence-electron chi connectivity index (χ1n) is 14.6. The number of rotatable bonds is 2. The van der Waals surface area contributed by atoms with Gasteiger partial charge in [-0.05, 0) is 72.7 Å². The van der Waals surface area contributed by atoms with Crippen LogP contribution in [0.1, 0.15) is 53.1 Å². The van der Waals surface area contributed by atoms with Gasteiger partial charge in [0.25, 0.3) is 0 Å². The Hall–Kier alpha value is -3.50. The minimum absolute atomic E-state index is 0.0636. The number of ketones is 2. The van der Waals surface area contributed by atoms with Crippen LogP contribution in [0.2, 0.25) is 0 Å². The number of nitrogens with zero attached hydrogens (tertiary/aromatic N) is 2. The number of benzene rings is 3. The molecule has 2 aliphatic heterocycles. The Bertz CT molecular complexity index is 1570. The highest BCUT2D eigenvalue weighted by atomic mass is 16.1. The maximum Gasteiger partial charge on any atom is 0.189 e. The second-order valence-electron chi connectivity index (χ2n) is 12.3. The molecule has 3 aromatic rings. The summed E-state index contributed by atoms with van der Waals surface area (Å²) in [4.78, 5) is 34.5. The first-order valence-corrected chi connectivity index (χ1v) is 14.6. The fraction of sp³-hybridized carbons (Fsp3) is 0.371. The third-order valence-electron chi connectivity index (χ3n) is 10.7. The van der Waals surface area contributed by atoms with Crippen molar-refractivity contribution in [3.63, 3.8) is 0 Å². The molecular formula is C35H34N2O2. The predicted molar refractivity (Wildman–Crippen MR) is 155 cm³/mol. The summed E-state index contributed by atoms with van der Waals surface area (Å²) >= 11 is 0. The summed E-state index contributed by atoms with van der Waals surface area (Å²) < 4.78 is 0. The van der Waals surface area contributed by atoms with Crippen molar-refractivity contribution in [3.05, 3.63) is 102 Å². The van der Waals surface area contributed by atoms with E-state index in [9.17, 15) is 9.59 Å². The van der Waals surface area contributed by atoms with Gasteiger partial charge in [0.15, 0.2) is 5.78 Å². The van der Waals surface area contributed by atoms with E-state index in [4.69, 9.17) is 0 Å². The first kappa shape index (κ1) is 23.4. The summed E-state index contributed by atoms with van der Waals surface area (Å²) in [6.07, 6.45) is 12.9. The molecule has 4 heteroatoms. The zero-order valence-corrected chi connectivity index (χ0v) is 22.5. The number of Topliss-reactive ketones (excluding diaryl/α,β-unsaturated/α-hetero) is 2. The smallest absolute Gasteiger partial charge is 0.189 e. The lowest BCUT2D eigenvalue weighted by Gasteiger charge is -2.45. The molecule has 0 aromatic heterocycles. The van der Waals surface area contributed by atoms with Crippen LogP contribution < -0.4 is 4.90 Å². The largest absolute Gasteiger partial charge is 0.372 e. The second-order valence-corrected chi connectivity index (χ2v) is 12.3. The molecule has 3 aliphatic carbocycles. The van der Waals surface area contributed by atoms with Crippen LogP contribution in [-0.2, 0) is 10.3 Å². The summed E-state index contributed by atoms with van der Waals surface area (Å²) in [6.45, 7) is 2.89. The van der Waals surface area contributed by atoms with Crippen LogP contribution in [0.4, 0.5) is 5.69 Å². The monoisotopic (exact) mass is 514 g/mol. The highest BCUT2D eigenvalue weighted by Crippen LogP contribution is 2.69. The third-order valence-corrected chi connectivity index (χ3v) is 10.7. The summed E-state index contributed by atoms with van der Waals surface area (Å²) in [7, 11) is 2.08. The van der Waals surface area contributed by atoms with Gasteiger partial charge in [-0.1, -0.05) is 72.8 Å². The van der Waals surface area contributed by atoms with E-state index < -0.39 is 11.0 Å². The van der Waals surface area contributed by atoms with Crippen molar-refractivity contribution in [2.24, 2.45) is 17.3 Å². The lowest BCUT2D eigenvalue weighted by atomic mass is 9.58. The lowest BCUT2D eigenvalue weighted by molar-refractivity contribution is -0.132. The van der Waals surface area contributed by atoms with E-state index in [1.54, 1.807) is 0 Å². The van der Waals surface area contributed by atoms with Crippen molar-refractivity contribution in [1.29, 1.82) is 0 Å². The Kier molecular flexibility index (Phi) is 4.95. The van der Waals surface area contributed by atoms with Gasteiger partial charge in [0, 0.05) is 42.7 Å². The van der Waals surface area contributed by atoms with Gasteiger partial charge >= 0.3 is 0 Å². The summed E-state index contributed by atoms with van der Waals surface area (Å²) in [5, 5.41) is 2.11. The van der Waals surface area contributed by atoms with E-state index in [1.807, 2.05) is 18.2 Å². The fourth-order valence-electron chi connectivity index (χ4n) is 9.13. The van der Waals surface area contributed by atoms with Crippen LogP contribution >= 0.6 is 0 Å². The number of piperidine rings is 1. The quantitative estimate of drug-likeness (QED) is 0.404. The van der Waals surface area contributed by atoms with Crippen LogP contribution in [0.15, 0.2) is 85.0 Å². The molecule has 4 nitrogen and oxygen atoms in total. The van der Waals surface area contributed by atoms with E-state index in [2.05, 4.69) is 83.6 Å². The van der Waals surface area contributed by atoms with Gasteiger partial charge in [0.05, 0.1) is 5.41 Å². The van der Waals surface area contributed by atoms with E-state index >= 15 is 0 Å². The highest BCUT2D eigenvalue weighted by Gasteiger charge is 2.76. The fourth-order valence-corrected chi connectivity index (χ4v) is 9.13. The molecule has 0 amide bonds. The Balaban J connectivity index is 1.33. The van der Waals surface area contributed by atoms with Gasteiger partial charge < -0.3 is 4.90 Å². The third kappa shape index (κ3) is 2.83. The van der Waals surface area contributed by atoms with Crippen LogP contribution in [0.25, 0.3) is 10.8 Å². The number of carbonyl (C=O) groups is 2. The molecule has 0 bridgehead atoms. The van der Waals surface area contributed by atoms with Gasteiger partial charge in [-0.15, -0.1) is 0 Å². The number of likely N-dealkylation sites (tertiary alicyclic amines) is 1. The molecular weight excluding hydrogens is 480 g/mol. The zero-order chi connectivity index (χ0) is 26.4. The Morgan fingerprint density at radius 3 is 2.36 bits per heavy atom. The van der Waals surface area contributed by atoms with E-state index in [0.717, 1.165) is 35.0 Å². The van der Waals surface area contributed by atoms with Crippen LogP contribution in [0, 0.1) is 17.3 Å². The lowest BCUT2D eigenvalue weighted by Crippen LogP contribution is -2.56. The average Bonchev–Trinajstić information content (AvgIpc) is 3.53. The van der Waals surface area contributed by atoms with Crippen molar-refractivity contribution in [2.75, 3.05) is 31.6 Å². The van der Waals surface area contributed by atoms with Crippen LogP contribution in [0.5, 0.6) is 0 Å². The van der Waals surface area contributed by atoms with Crippen molar-refractivity contribution >= 4 is 28.0 Å². The van der Waals surface area contributed by atoms with Gasteiger partial charge in [-0.3, -0.25) is 14.5 Å². The molecule has 39 heavy (non-hydrogen) atoms. The SMILES string of the molecule is CN1C[C@H](c2ccc(N3CCCCC3)cc2)[C@]2(CC3C=CC=CC3C2=O)[C@]12C(=O)c1cccc3cccc2c13. The van der Waals surface area contributed by atoms with Gasteiger partial charge in [0.1, 0.15) is 11.3 Å². The van der Waals surface area contributed by atoms with Crippen molar-refractivity contribution in [3.8, 4) is 0 Å². The minimum atomic E-state index is -0.998. The van der Waals surface area contributed by atoms with Gasteiger partial charge in [-0.25, -0.2) is 0 Å². The molecule has 2 saturated heterocycles. The number of anilines is 1. The number of fused-ring (bicyclic) bond motifs is 3. The second kappa shape index (κ2) is 8.25. The number of carbonyl (C=O) groups excluding carboxylic acids is 2. The van der Waals surface area contributed by atoms with Crippen LogP contribution in [-0.4, -0.2) is 43.1 Å². The minimum Gasteiger partial charge on any atom is -0.372 e. The van der Waals surface area contributed by atoms with E-state index in [1.165, 1.54) is 30.5 Å². The molecule has 196 valence electrons. The molecule has 5 atom stereocenters. The number of hydrogen-bond donors (Lipinski definition) is 0. The molecule has 2 spiro atoms. The van der Waals surface area contributed by atoms with Crippen LogP contribution in [0.3, 0.4) is 0 Å². The van der Waals surface area contributed by atoms with Gasteiger partial charge in [-0.2, -0.15) is 0 Å². The van der Waals surface area contributed by atoms with Crippen molar-refractivity contribution < 1.29 is 9.59 Å². The maximum absolute atomic E-state index is 14.9. The standard InChI is InChI=1S/C35H34N2O2/c1-36-22-30(23-15-17-26(18-16-23)37-19-5-2-6-20-37)34(21-25-9-3-4-12-27(25)32(34)38)35(36)29-14-8-11-24-10-7-13-28(31(24)29)33(35)39/h3-4,7-18,25,27,30H,2,5-6,19-22H2,1H3/t25?,27?,30-,34+,35+/m1/s1. The molecule has 2 heterocycles. The maximum atomic E-state index is 14.9. The molecule has 5 aliphatic rings. The number of hydrogen-bond acceptors (Lipinski definition) is 4. The molecule has 3 fully saturated rings. The predicted octanol–water partition coefficient (Wildman–Crippen LogP) is 6.27. The van der Waals surface area contributed by atoms with Gasteiger partial charge in [0.2, 0.25) is 0 Å². The Morgan fingerprint density at radius 2 is 1.59 bits per heavy atom. The highest BCUT2D eigenvalue weighted by molar-refractivity contribution is 6.23. The molecule has 1 saturated carbocycles. The Labute approximate surface area is 230 Å². The van der Waals surface area contributed by atoms with E-state index in [-0.39, 0.29) is 29.3 Å². The Morgan fingerprint density at radius 1 is 0.846 bits per heavy atom. The molecule has 0 radical (unpaired) electrons. The molecule has 3 aromatic carbocycles. The molecule has 8 rings (SSSR count). The molecule has 0 N–H and O–H groups in total. The number of likely N-dealkylation sites (N-methyl/N-ethyl adjacent to an activating group) is 1. The zero-order valence-electron chi connectivity index (χ0n) is 22.5.